The molecule has 0 aliphatic carbocycles. The molecular formula is C8H10F6O. The molecule has 0 saturated carbocycles. The van der Waals surface area contributed by atoms with Gasteiger partial charge in [0.2, 0.25) is 0 Å². The summed E-state index contributed by atoms with van der Waals surface area (Å²) in [6.07, 6.45) is -10.7. The molecule has 0 aliphatic rings. The lowest BCUT2D eigenvalue weighted by molar-refractivity contribution is -0.347. The number of hydrogen-bond acceptors (Lipinski definition) is 1. The van der Waals surface area contributed by atoms with Gasteiger partial charge in [-0.1, -0.05) is 19.4 Å². The maximum absolute atomic E-state index is 12.0. The van der Waals surface area contributed by atoms with Gasteiger partial charge in [0.25, 0.3) is 5.60 Å². The van der Waals surface area contributed by atoms with Crippen molar-refractivity contribution < 1.29 is 31.4 Å². The van der Waals surface area contributed by atoms with Crippen LogP contribution in [-0.4, -0.2) is 23.1 Å². The van der Waals surface area contributed by atoms with Gasteiger partial charge in [-0.05, 0) is 12.5 Å². The molecule has 15 heavy (non-hydrogen) atoms. The third-order valence-corrected chi connectivity index (χ3v) is 1.68. The smallest absolute Gasteiger partial charge is 0.370 e. The van der Waals surface area contributed by atoms with Crippen LogP contribution in [0.4, 0.5) is 26.3 Å². The van der Waals surface area contributed by atoms with E-state index in [9.17, 15) is 26.3 Å². The predicted octanol–water partition coefficient (Wildman–Crippen LogP) is 3.20. The number of halogens is 6. The fourth-order valence-electron chi connectivity index (χ4n) is 0.770. The zero-order valence-corrected chi connectivity index (χ0v) is 7.78. The molecule has 0 bridgehead atoms. The maximum Gasteiger partial charge on any atom is 0.429 e. The van der Waals surface area contributed by atoms with Crippen LogP contribution in [0.2, 0.25) is 0 Å². The molecule has 1 N–H and O–H groups in total. The molecule has 0 radical (unpaired) electrons. The highest BCUT2D eigenvalue weighted by atomic mass is 19.4. The number of unbranched alkanes of at least 4 members (excludes halogenated alkanes) is 1. The summed E-state index contributed by atoms with van der Waals surface area (Å²) in [6.45, 7) is 1.59. The Kier molecular flexibility index (Phi) is 4.21. The molecule has 7 heteroatoms. The summed E-state index contributed by atoms with van der Waals surface area (Å²) in [4.78, 5) is 0. The van der Waals surface area contributed by atoms with E-state index >= 15 is 0 Å². The highest BCUT2D eigenvalue weighted by molar-refractivity contribution is 5.10. The molecule has 0 rings (SSSR count). The van der Waals surface area contributed by atoms with E-state index in [4.69, 9.17) is 5.11 Å². The van der Waals surface area contributed by atoms with Crippen LogP contribution in [0.5, 0.6) is 0 Å². The number of alkyl halides is 6. The molecule has 90 valence electrons. The van der Waals surface area contributed by atoms with Gasteiger partial charge < -0.3 is 5.11 Å². The minimum atomic E-state index is -5.77. The third-order valence-electron chi connectivity index (χ3n) is 1.68. The summed E-state index contributed by atoms with van der Waals surface area (Å²) < 4.78 is 72.0. The van der Waals surface area contributed by atoms with Crippen LogP contribution in [0.15, 0.2) is 12.2 Å². The molecule has 0 atom stereocenters. The molecule has 1 nitrogen and oxygen atoms in total. The van der Waals surface area contributed by atoms with Crippen molar-refractivity contribution in [3.63, 3.8) is 0 Å². The van der Waals surface area contributed by atoms with Crippen LogP contribution in [0.1, 0.15) is 19.8 Å². The second-order valence-corrected chi connectivity index (χ2v) is 2.95. The zero-order chi connectivity index (χ0) is 12.3. The first kappa shape index (κ1) is 14.3. The number of allylic oxidation sites excluding steroid dienone is 1. The molecule has 0 unspecified atom stereocenters. The third kappa shape index (κ3) is 3.12. The van der Waals surface area contributed by atoms with E-state index in [1.807, 2.05) is 0 Å². The van der Waals surface area contributed by atoms with Crippen LogP contribution >= 0.6 is 0 Å². The SMILES string of the molecule is CCC/C=C/C(O)(C(F)(F)F)C(F)(F)F. The largest absolute Gasteiger partial charge is 0.429 e. The van der Waals surface area contributed by atoms with Crippen molar-refractivity contribution in [2.45, 2.75) is 37.7 Å². The highest BCUT2D eigenvalue weighted by Crippen LogP contribution is 2.43. The normalized spacial score (nSPS) is 14.9. The summed E-state index contributed by atoms with van der Waals surface area (Å²) in [7, 11) is 0. The van der Waals surface area contributed by atoms with E-state index < -0.39 is 18.0 Å². The van der Waals surface area contributed by atoms with Gasteiger partial charge in [0, 0.05) is 0 Å². The summed E-state index contributed by atoms with van der Waals surface area (Å²) in [5, 5.41) is 8.57. The van der Waals surface area contributed by atoms with E-state index in [0.717, 1.165) is 0 Å². The Morgan fingerprint density at radius 3 is 1.67 bits per heavy atom. The molecule has 0 aromatic carbocycles. The lowest BCUT2D eigenvalue weighted by Gasteiger charge is -2.29. The summed E-state index contributed by atoms with van der Waals surface area (Å²) >= 11 is 0. The molecule has 0 aromatic rings. The molecule has 0 spiro atoms. The zero-order valence-electron chi connectivity index (χ0n) is 7.78. The van der Waals surface area contributed by atoms with Crippen LogP contribution in [0.25, 0.3) is 0 Å². The van der Waals surface area contributed by atoms with Gasteiger partial charge in [0.05, 0.1) is 0 Å². The quantitative estimate of drug-likeness (QED) is 0.589. The van der Waals surface area contributed by atoms with Gasteiger partial charge in [-0.25, -0.2) is 0 Å². The molecule has 0 amide bonds. The molecule has 0 fully saturated rings. The first-order chi connectivity index (χ1) is 6.56. The summed E-state index contributed by atoms with van der Waals surface area (Å²) in [5.41, 5.74) is -4.75. The molecule has 0 aliphatic heterocycles. The first-order valence-electron chi connectivity index (χ1n) is 4.09. The topological polar surface area (TPSA) is 20.2 Å². The van der Waals surface area contributed by atoms with Crippen molar-refractivity contribution in [3.8, 4) is 0 Å². The first-order valence-corrected chi connectivity index (χ1v) is 4.09. The van der Waals surface area contributed by atoms with Crippen LogP contribution < -0.4 is 0 Å². The lowest BCUT2D eigenvalue weighted by Crippen LogP contribution is -2.55. The fraction of sp³-hybridized carbons (Fsp3) is 0.750. The minimum Gasteiger partial charge on any atom is -0.370 e. The molecule has 0 aromatic heterocycles. The van der Waals surface area contributed by atoms with Gasteiger partial charge in [-0.15, -0.1) is 0 Å². The monoisotopic (exact) mass is 236 g/mol. The number of aliphatic hydroxyl groups is 1. The molecule has 0 saturated heterocycles. The summed E-state index contributed by atoms with van der Waals surface area (Å²) in [5.74, 6) is 0. The van der Waals surface area contributed by atoms with E-state index in [-0.39, 0.29) is 12.5 Å². The Hall–Kier alpha value is -0.720. The van der Waals surface area contributed by atoms with E-state index in [1.54, 1.807) is 6.92 Å². The average molecular weight is 236 g/mol. The highest BCUT2D eigenvalue weighted by Gasteiger charge is 2.68. The second kappa shape index (κ2) is 4.42. The molecular weight excluding hydrogens is 226 g/mol. The Bertz CT molecular complexity index is 212. The van der Waals surface area contributed by atoms with Gasteiger partial charge in [-0.2, -0.15) is 26.3 Å². The van der Waals surface area contributed by atoms with Crippen molar-refractivity contribution in [1.29, 1.82) is 0 Å². The van der Waals surface area contributed by atoms with Crippen molar-refractivity contribution in [3.05, 3.63) is 12.2 Å². The van der Waals surface area contributed by atoms with Crippen LogP contribution in [-0.2, 0) is 0 Å². The van der Waals surface area contributed by atoms with Crippen molar-refractivity contribution in [1.82, 2.24) is 0 Å². The fourth-order valence-corrected chi connectivity index (χ4v) is 0.770. The van der Waals surface area contributed by atoms with Gasteiger partial charge in [0.1, 0.15) is 0 Å². The van der Waals surface area contributed by atoms with E-state index in [2.05, 4.69) is 0 Å². The van der Waals surface area contributed by atoms with Crippen LogP contribution in [0.3, 0.4) is 0 Å². The standard InChI is InChI=1S/C8H10F6O/c1-2-3-4-5-6(15,7(9,10)11)8(12,13)14/h4-5,15H,2-3H2,1H3/b5-4+. The van der Waals surface area contributed by atoms with Gasteiger partial charge >= 0.3 is 12.4 Å². The molecule has 0 heterocycles. The van der Waals surface area contributed by atoms with Gasteiger partial charge in [-0.3, -0.25) is 0 Å². The van der Waals surface area contributed by atoms with Crippen LogP contribution in [0, 0.1) is 0 Å². The lowest BCUT2D eigenvalue weighted by atomic mass is 10.0. The Morgan fingerprint density at radius 1 is 1.00 bits per heavy atom. The van der Waals surface area contributed by atoms with Gasteiger partial charge in [0.15, 0.2) is 0 Å². The van der Waals surface area contributed by atoms with Crippen molar-refractivity contribution >= 4 is 0 Å². The number of rotatable bonds is 3. The maximum atomic E-state index is 12.0. The van der Waals surface area contributed by atoms with E-state index in [0.29, 0.717) is 12.5 Å². The second-order valence-electron chi connectivity index (χ2n) is 2.95. The van der Waals surface area contributed by atoms with Crippen molar-refractivity contribution in [2.24, 2.45) is 0 Å². The Morgan fingerprint density at radius 2 is 1.40 bits per heavy atom. The predicted molar refractivity (Wildman–Crippen MR) is 41.1 cm³/mol. The number of hydrogen-bond donors (Lipinski definition) is 1. The summed E-state index contributed by atoms with van der Waals surface area (Å²) in [6, 6.07) is 0. The Labute approximate surface area is 82.4 Å². The van der Waals surface area contributed by atoms with E-state index in [1.165, 1.54) is 0 Å². The van der Waals surface area contributed by atoms with Crippen molar-refractivity contribution in [2.75, 3.05) is 0 Å². The average Bonchev–Trinajstić information content (AvgIpc) is 2.00. The Balaban J connectivity index is 5.06. The minimum absolute atomic E-state index is 0.0362.